The normalized spacial score (nSPS) is 15.5. The fourth-order valence-corrected chi connectivity index (χ4v) is 3.19. The molecule has 1 aromatic carbocycles. The number of phenols is 1. The maximum absolute atomic E-state index is 12.5. The number of phenolic OH excluding ortho intramolecular Hbond substituents is 1. The first-order valence-electron chi connectivity index (χ1n) is 8.34. The van der Waals surface area contributed by atoms with Crippen LogP contribution in [-0.4, -0.2) is 36.4 Å². The van der Waals surface area contributed by atoms with Crippen LogP contribution in [0.4, 0.5) is 0 Å². The second kappa shape index (κ2) is 6.66. The van der Waals surface area contributed by atoms with Gasteiger partial charge < -0.3 is 19.2 Å². The molecule has 0 bridgehead atoms. The Labute approximate surface area is 144 Å². The molecule has 25 heavy (non-hydrogen) atoms. The first kappa shape index (κ1) is 15.8. The highest BCUT2D eigenvalue weighted by Crippen LogP contribution is 2.28. The van der Waals surface area contributed by atoms with Crippen LogP contribution in [0.5, 0.6) is 5.75 Å². The number of pyridine rings is 1. The number of aromatic hydroxyl groups is 1. The summed E-state index contributed by atoms with van der Waals surface area (Å²) in [6.45, 7) is 3.74. The number of hydrogen-bond donors (Lipinski definition) is 2. The molecule has 3 aromatic rings. The lowest BCUT2D eigenvalue weighted by Crippen LogP contribution is -3.12. The van der Waals surface area contributed by atoms with Crippen molar-refractivity contribution in [3.05, 3.63) is 58.6 Å². The number of nitrogens with zero attached hydrogens (tertiary/aromatic N) is 1. The van der Waals surface area contributed by atoms with E-state index in [-0.39, 0.29) is 5.75 Å². The van der Waals surface area contributed by atoms with Gasteiger partial charge >= 0.3 is 5.63 Å². The zero-order chi connectivity index (χ0) is 17.2. The van der Waals surface area contributed by atoms with Gasteiger partial charge in [-0.15, -0.1) is 0 Å². The molecule has 4 rings (SSSR count). The van der Waals surface area contributed by atoms with Gasteiger partial charge in [0.1, 0.15) is 25.4 Å². The largest absolute Gasteiger partial charge is 0.507 e. The SMILES string of the molecule is O=c1oc2c(C[NH+]3CCOCC3)c(O)ccc2cc1-c1ccccn1. The van der Waals surface area contributed by atoms with Gasteiger partial charge in [-0.2, -0.15) is 0 Å². The molecule has 0 aliphatic carbocycles. The van der Waals surface area contributed by atoms with E-state index in [0.29, 0.717) is 42.2 Å². The topological polar surface area (TPSA) is 77.0 Å². The van der Waals surface area contributed by atoms with Gasteiger partial charge in [0.05, 0.1) is 30.0 Å². The minimum Gasteiger partial charge on any atom is -0.507 e. The number of aromatic nitrogens is 1. The Morgan fingerprint density at radius 1 is 1.16 bits per heavy atom. The third-order valence-corrected chi connectivity index (χ3v) is 4.55. The van der Waals surface area contributed by atoms with E-state index in [1.165, 1.54) is 4.90 Å². The van der Waals surface area contributed by atoms with E-state index in [4.69, 9.17) is 9.15 Å². The van der Waals surface area contributed by atoms with E-state index in [1.54, 1.807) is 36.5 Å². The van der Waals surface area contributed by atoms with E-state index in [0.717, 1.165) is 18.5 Å². The lowest BCUT2D eigenvalue weighted by Gasteiger charge is -2.24. The minimum absolute atomic E-state index is 0.153. The predicted octanol–water partition coefficient (Wildman–Crippen LogP) is 0.976. The Morgan fingerprint density at radius 2 is 2.00 bits per heavy atom. The summed E-state index contributed by atoms with van der Waals surface area (Å²) >= 11 is 0. The lowest BCUT2D eigenvalue weighted by atomic mass is 10.1. The fraction of sp³-hybridized carbons (Fsp3) is 0.263. The fourth-order valence-electron chi connectivity index (χ4n) is 3.19. The Kier molecular flexibility index (Phi) is 4.21. The third kappa shape index (κ3) is 3.14. The molecule has 0 spiro atoms. The molecule has 2 N–H and O–H groups in total. The smallest absolute Gasteiger partial charge is 0.345 e. The molecule has 0 saturated carbocycles. The third-order valence-electron chi connectivity index (χ3n) is 4.55. The molecular formula is C19H19N2O4+. The summed E-state index contributed by atoms with van der Waals surface area (Å²) in [6.07, 6.45) is 1.64. The number of rotatable bonds is 3. The average Bonchev–Trinajstić information content (AvgIpc) is 2.65. The summed E-state index contributed by atoms with van der Waals surface area (Å²) in [5.41, 5.74) is 1.66. The molecule has 0 atom stereocenters. The van der Waals surface area contributed by atoms with Crippen molar-refractivity contribution in [3.8, 4) is 17.0 Å². The van der Waals surface area contributed by atoms with Crippen molar-refractivity contribution in [2.75, 3.05) is 26.3 Å². The zero-order valence-corrected chi connectivity index (χ0v) is 13.7. The number of morpholine rings is 1. The van der Waals surface area contributed by atoms with Gasteiger partial charge in [-0.05, 0) is 30.3 Å². The first-order chi connectivity index (χ1) is 12.2. The summed E-state index contributed by atoms with van der Waals surface area (Å²) in [5, 5.41) is 11.1. The second-order valence-corrected chi connectivity index (χ2v) is 6.18. The van der Waals surface area contributed by atoms with Gasteiger partial charge in [0.25, 0.3) is 0 Å². The molecule has 128 valence electrons. The van der Waals surface area contributed by atoms with Crippen molar-refractivity contribution >= 4 is 11.0 Å². The molecule has 0 unspecified atom stereocenters. The molecule has 6 heteroatoms. The monoisotopic (exact) mass is 339 g/mol. The molecule has 1 saturated heterocycles. The van der Waals surface area contributed by atoms with Crippen LogP contribution >= 0.6 is 0 Å². The highest BCUT2D eigenvalue weighted by Gasteiger charge is 2.20. The first-order valence-corrected chi connectivity index (χ1v) is 8.34. The number of nitrogens with one attached hydrogen (secondary N) is 1. The van der Waals surface area contributed by atoms with Crippen molar-refractivity contribution < 1.29 is 19.2 Å². The molecular weight excluding hydrogens is 320 g/mol. The number of quaternary nitrogens is 1. The van der Waals surface area contributed by atoms with Gasteiger partial charge in [0.2, 0.25) is 0 Å². The summed E-state index contributed by atoms with van der Waals surface area (Å²) in [5.74, 6) is 0.153. The van der Waals surface area contributed by atoms with E-state index in [1.807, 2.05) is 6.07 Å². The molecule has 1 aliphatic rings. The van der Waals surface area contributed by atoms with Crippen LogP contribution in [0.25, 0.3) is 22.2 Å². The number of hydrogen-bond acceptors (Lipinski definition) is 5. The van der Waals surface area contributed by atoms with Crippen LogP contribution in [0.1, 0.15) is 5.56 Å². The predicted molar refractivity (Wildman–Crippen MR) is 92.6 cm³/mol. The summed E-state index contributed by atoms with van der Waals surface area (Å²) < 4.78 is 11.0. The molecule has 0 amide bonds. The summed E-state index contributed by atoms with van der Waals surface area (Å²) in [7, 11) is 0. The van der Waals surface area contributed by atoms with E-state index >= 15 is 0 Å². The molecule has 3 heterocycles. The van der Waals surface area contributed by atoms with Gasteiger partial charge in [-0.3, -0.25) is 4.98 Å². The number of fused-ring (bicyclic) bond motifs is 1. The van der Waals surface area contributed by atoms with Gasteiger partial charge in [0.15, 0.2) is 5.58 Å². The van der Waals surface area contributed by atoms with Crippen LogP contribution in [-0.2, 0) is 11.3 Å². The molecule has 0 radical (unpaired) electrons. The standard InChI is InChI=1S/C19H18N2O4/c22-17-5-4-13-11-14(16-3-1-2-6-20-16)19(23)25-18(13)15(17)12-21-7-9-24-10-8-21/h1-6,11,22H,7-10,12H2/p+1. The maximum Gasteiger partial charge on any atom is 0.345 e. The van der Waals surface area contributed by atoms with Crippen LogP contribution in [0, 0.1) is 0 Å². The molecule has 1 aliphatic heterocycles. The van der Waals surface area contributed by atoms with Crippen molar-refractivity contribution in [1.82, 2.24) is 4.98 Å². The molecule has 1 fully saturated rings. The van der Waals surface area contributed by atoms with Crippen LogP contribution in [0.2, 0.25) is 0 Å². The highest BCUT2D eigenvalue weighted by molar-refractivity contribution is 5.85. The summed E-state index contributed by atoms with van der Waals surface area (Å²) in [6, 6.07) is 10.6. The van der Waals surface area contributed by atoms with E-state index in [9.17, 15) is 9.90 Å². The minimum atomic E-state index is -0.449. The van der Waals surface area contributed by atoms with Crippen molar-refractivity contribution in [2.45, 2.75) is 6.54 Å². The van der Waals surface area contributed by atoms with Crippen LogP contribution in [0.3, 0.4) is 0 Å². The van der Waals surface area contributed by atoms with Gasteiger partial charge in [-0.25, -0.2) is 4.79 Å². The van der Waals surface area contributed by atoms with Crippen molar-refractivity contribution in [3.63, 3.8) is 0 Å². The van der Waals surface area contributed by atoms with Gasteiger partial charge in [-0.1, -0.05) is 6.07 Å². The number of ether oxygens (including phenoxy) is 1. The van der Waals surface area contributed by atoms with Crippen molar-refractivity contribution in [1.29, 1.82) is 0 Å². The Balaban J connectivity index is 1.80. The second-order valence-electron chi connectivity index (χ2n) is 6.18. The Bertz CT molecular complexity index is 947. The Morgan fingerprint density at radius 3 is 2.76 bits per heavy atom. The van der Waals surface area contributed by atoms with E-state index in [2.05, 4.69) is 4.98 Å². The van der Waals surface area contributed by atoms with E-state index < -0.39 is 5.63 Å². The molecule has 2 aromatic heterocycles. The average molecular weight is 339 g/mol. The number of benzene rings is 1. The Hall–Kier alpha value is -2.70. The van der Waals surface area contributed by atoms with Crippen LogP contribution < -0.4 is 10.5 Å². The lowest BCUT2D eigenvalue weighted by molar-refractivity contribution is -0.921. The van der Waals surface area contributed by atoms with Crippen molar-refractivity contribution in [2.24, 2.45) is 0 Å². The molecule has 6 nitrogen and oxygen atoms in total. The van der Waals surface area contributed by atoms with Gasteiger partial charge in [0, 0.05) is 11.6 Å². The quantitative estimate of drug-likeness (QED) is 0.696. The zero-order valence-electron chi connectivity index (χ0n) is 13.7. The summed E-state index contributed by atoms with van der Waals surface area (Å²) in [4.78, 5) is 18.0. The maximum atomic E-state index is 12.5. The highest BCUT2D eigenvalue weighted by atomic mass is 16.5. The van der Waals surface area contributed by atoms with Crippen LogP contribution in [0.15, 0.2) is 51.8 Å².